The third-order valence-electron chi connectivity index (χ3n) is 2.60. The molecule has 19 heavy (non-hydrogen) atoms. The summed E-state index contributed by atoms with van der Waals surface area (Å²) in [5, 5.41) is 18.6. The minimum Gasteiger partial charge on any atom is -0.504 e. The molecule has 0 atom stereocenters. The minimum absolute atomic E-state index is 0.0209. The Labute approximate surface area is 109 Å². The number of rotatable bonds is 2. The maximum absolute atomic E-state index is 12.4. The van der Waals surface area contributed by atoms with Crippen molar-refractivity contribution in [2.75, 3.05) is 11.5 Å². The Morgan fingerprint density at radius 2 is 1.47 bits per heavy atom. The zero-order valence-electron chi connectivity index (χ0n) is 9.74. The lowest BCUT2D eigenvalue weighted by molar-refractivity contribution is 0.402. The zero-order chi connectivity index (χ0) is 14.2. The molecule has 6 N–H and O–H groups in total. The largest absolute Gasteiger partial charge is 0.504 e. The number of nitrogens with two attached hydrogens (primary N) is 2. The van der Waals surface area contributed by atoms with Crippen LogP contribution in [0.25, 0.3) is 0 Å². The molecule has 0 aliphatic carbocycles. The molecular weight excluding hydrogens is 268 g/mol. The molecule has 0 aliphatic heterocycles. The second-order valence-corrected chi connectivity index (χ2v) is 5.81. The third-order valence-corrected chi connectivity index (χ3v) is 4.49. The summed E-state index contributed by atoms with van der Waals surface area (Å²) >= 11 is 0. The number of anilines is 2. The Bertz CT molecular complexity index is 721. The molecule has 0 fully saturated rings. The number of hydrogen-bond donors (Lipinski definition) is 4. The van der Waals surface area contributed by atoms with Gasteiger partial charge < -0.3 is 21.7 Å². The summed E-state index contributed by atoms with van der Waals surface area (Å²) in [5.74, 6) is -0.942. The SMILES string of the molecule is Nc1cccc(N)c1S(=O)(=O)c1ccc(O)c(O)c1. The third kappa shape index (κ3) is 2.15. The summed E-state index contributed by atoms with van der Waals surface area (Å²) in [4.78, 5) is -0.410. The highest BCUT2D eigenvalue weighted by Gasteiger charge is 2.24. The number of sulfone groups is 1. The van der Waals surface area contributed by atoms with Gasteiger partial charge in [-0.3, -0.25) is 0 Å². The van der Waals surface area contributed by atoms with E-state index in [2.05, 4.69) is 0 Å². The molecule has 0 aliphatic rings. The molecule has 2 rings (SSSR count). The fraction of sp³-hybridized carbons (Fsp3) is 0. The monoisotopic (exact) mass is 280 g/mol. The first-order valence-electron chi connectivity index (χ1n) is 5.25. The standard InChI is InChI=1S/C12H12N2O4S/c13-8-2-1-3-9(14)12(8)19(17,18)7-4-5-10(15)11(16)6-7/h1-6,15-16H,13-14H2. The van der Waals surface area contributed by atoms with E-state index in [0.29, 0.717) is 0 Å². The lowest BCUT2D eigenvalue weighted by atomic mass is 10.3. The van der Waals surface area contributed by atoms with Gasteiger partial charge in [-0.15, -0.1) is 0 Å². The number of hydrogen-bond acceptors (Lipinski definition) is 6. The van der Waals surface area contributed by atoms with Crippen molar-refractivity contribution in [3.05, 3.63) is 36.4 Å². The molecule has 6 nitrogen and oxygen atoms in total. The summed E-state index contributed by atoms with van der Waals surface area (Å²) < 4.78 is 24.8. The number of phenols is 2. The first-order chi connectivity index (χ1) is 8.84. The predicted molar refractivity (Wildman–Crippen MR) is 70.5 cm³/mol. The summed E-state index contributed by atoms with van der Waals surface area (Å²) in [6.45, 7) is 0. The molecule has 2 aromatic carbocycles. The van der Waals surface area contributed by atoms with Crippen molar-refractivity contribution in [2.45, 2.75) is 9.79 Å². The second-order valence-electron chi connectivity index (χ2n) is 3.92. The smallest absolute Gasteiger partial charge is 0.210 e. The highest BCUT2D eigenvalue weighted by molar-refractivity contribution is 7.91. The maximum Gasteiger partial charge on any atom is 0.210 e. The van der Waals surface area contributed by atoms with Crippen LogP contribution in [0.15, 0.2) is 46.2 Å². The number of aromatic hydroxyl groups is 2. The van der Waals surface area contributed by atoms with E-state index in [9.17, 15) is 18.6 Å². The molecule has 0 amide bonds. The molecule has 0 saturated carbocycles. The molecule has 0 aromatic heterocycles. The van der Waals surface area contributed by atoms with Crippen LogP contribution >= 0.6 is 0 Å². The van der Waals surface area contributed by atoms with E-state index < -0.39 is 21.3 Å². The quantitative estimate of drug-likeness (QED) is 0.482. The molecule has 0 bridgehead atoms. The van der Waals surface area contributed by atoms with Crippen LogP contribution in [0, 0.1) is 0 Å². The van der Waals surface area contributed by atoms with Gasteiger partial charge in [-0.2, -0.15) is 0 Å². The van der Waals surface area contributed by atoms with Crippen molar-refractivity contribution < 1.29 is 18.6 Å². The lowest BCUT2D eigenvalue weighted by Crippen LogP contribution is -2.08. The molecule has 7 heteroatoms. The first-order valence-corrected chi connectivity index (χ1v) is 6.73. The highest BCUT2D eigenvalue weighted by Crippen LogP contribution is 2.34. The van der Waals surface area contributed by atoms with Gasteiger partial charge in [-0.1, -0.05) is 6.07 Å². The van der Waals surface area contributed by atoms with Crippen molar-refractivity contribution in [3.63, 3.8) is 0 Å². The van der Waals surface area contributed by atoms with E-state index >= 15 is 0 Å². The van der Waals surface area contributed by atoms with Crippen LogP contribution < -0.4 is 11.5 Å². The first kappa shape index (κ1) is 13.0. The molecule has 0 unspecified atom stereocenters. The number of nitrogen functional groups attached to an aromatic ring is 2. The van der Waals surface area contributed by atoms with E-state index in [1.54, 1.807) is 0 Å². The van der Waals surface area contributed by atoms with Crippen LogP contribution in [-0.2, 0) is 9.84 Å². The van der Waals surface area contributed by atoms with Crippen molar-refractivity contribution in [2.24, 2.45) is 0 Å². The Morgan fingerprint density at radius 3 is 2.00 bits per heavy atom. The average Bonchev–Trinajstić information content (AvgIpc) is 2.32. The van der Waals surface area contributed by atoms with E-state index in [4.69, 9.17) is 11.5 Å². The number of benzene rings is 2. The molecular formula is C12H12N2O4S. The summed E-state index contributed by atoms with van der Waals surface area (Å²) in [5.41, 5.74) is 11.3. The highest BCUT2D eigenvalue weighted by atomic mass is 32.2. The van der Waals surface area contributed by atoms with Crippen LogP contribution in [0.2, 0.25) is 0 Å². The average molecular weight is 280 g/mol. The van der Waals surface area contributed by atoms with Gasteiger partial charge in [0.2, 0.25) is 9.84 Å². The van der Waals surface area contributed by atoms with Crippen LogP contribution in [0.3, 0.4) is 0 Å². The summed E-state index contributed by atoms with van der Waals surface area (Å²) in [7, 11) is -3.96. The second kappa shape index (κ2) is 4.36. The normalized spacial score (nSPS) is 11.4. The number of phenolic OH excluding ortho intramolecular Hbond substituents is 2. The molecule has 0 saturated heterocycles. The summed E-state index contributed by atoms with van der Waals surface area (Å²) in [6, 6.07) is 7.56. The van der Waals surface area contributed by atoms with Gasteiger partial charge in [0.25, 0.3) is 0 Å². The summed E-state index contributed by atoms with van der Waals surface area (Å²) in [6.07, 6.45) is 0. The van der Waals surface area contributed by atoms with Gasteiger partial charge in [-0.25, -0.2) is 8.42 Å². The Morgan fingerprint density at radius 1 is 0.895 bits per heavy atom. The van der Waals surface area contributed by atoms with Crippen molar-refractivity contribution in [1.82, 2.24) is 0 Å². The van der Waals surface area contributed by atoms with Gasteiger partial charge >= 0.3 is 0 Å². The minimum atomic E-state index is -3.96. The van der Waals surface area contributed by atoms with Gasteiger partial charge in [-0.05, 0) is 24.3 Å². The van der Waals surface area contributed by atoms with Gasteiger partial charge in [0, 0.05) is 6.07 Å². The Balaban J connectivity index is 2.69. The maximum atomic E-state index is 12.4. The van der Waals surface area contributed by atoms with Crippen molar-refractivity contribution >= 4 is 21.2 Å². The van der Waals surface area contributed by atoms with Crippen LogP contribution in [0.1, 0.15) is 0 Å². The van der Waals surface area contributed by atoms with Crippen LogP contribution in [-0.4, -0.2) is 18.6 Å². The topological polar surface area (TPSA) is 127 Å². The fourth-order valence-electron chi connectivity index (χ4n) is 1.67. The molecule has 0 spiro atoms. The Kier molecular flexibility index (Phi) is 2.99. The Hall–Kier alpha value is -2.41. The predicted octanol–water partition coefficient (Wildman–Crippen LogP) is 1.09. The van der Waals surface area contributed by atoms with Crippen LogP contribution in [0.4, 0.5) is 11.4 Å². The van der Waals surface area contributed by atoms with Crippen LogP contribution in [0.5, 0.6) is 11.5 Å². The van der Waals surface area contributed by atoms with E-state index in [1.165, 1.54) is 18.2 Å². The van der Waals surface area contributed by atoms with E-state index in [-0.39, 0.29) is 21.2 Å². The van der Waals surface area contributed by atoms with Gasteiger partial charge in [0.05, 0.1) is 16.3 Å². The zero-order valence-corrected chi connectivity index (χ0v) is 10.6. The van der Waals surface area contributed by atoms with Gasteiger partial charge in [0.1, 0.15) is 4.90 Å². The lowest BCUT2D eigenvalue weighted by Gasteiger charge is -2.10. The molecule has 0 heterocycles. The van der Waals surface area contributed by atoms with E-state index in [0.717, 1.165) is 18.2 Å². The van der Waals surface area contributed by atoms with Crippen molar-refractivity contribution in [1.29, 1.82) is 0 Å². The fourth-order valence-corrected chi connectivity index (χ4v) is 3.18. The van der Waals surface area contributed by atoms with E-state index in [1.807, 2.05) is 0 Å². The molecule has 2 aromatic rings. The molecule has 100 valence electrons. The van der Waals surface area contributed by atoms with Crippen molar-refractivity contribution in [3.8, 4) is 11.5 Å². The van der Waals surface area contributed by atoms with Gasteiger partial charge in [0.15, 0.2) is 11.5 Å². The molecule has 0 radical (unpaired) electrons.